The lowest BCUT2D eigenvalue weighted by atomic mass is 10.1. The Kier molecular flexibility index (Phi) is 3.65. The van der Waals surface area contributed by atoms with Gasteiger partial charge in [0, 0.05) is 11.9 Å². The maximum atomic E-state index is 12.1. The summed E-state index contributed by atoms with van der Waals surface area (Å²) in [5, 5.41) is 21.2. The van der Waals surface area contributed by atoms with Gasteiger partial charge in [-0.1, -0.05) is 6.07 Å². The first-order chi connectivity index (χ1) is 9.50. The van der Waals surface area contributed by atoms with E-state index in [0.717, 1.165) is 0 Å². The number of carboxylic acids is 1. The molecule has 0 bridgehead atoms. The van der Waals surface area contributed by atoms with Gasteiger partial charge in [0.2, 0.25) is 0 Å². The van der Waals surface area contributed by atoms with Crippen LogP contribution in [0.5, 0.6) is 5.75 Å². The van der Waals surface area contributed by atoms with Crippen LogP contribution in [-0.2, 0) is 0 Å². The minimum Gasteiger partial charge on any atom is -0.505 e. The molecule has 0 aliphatic heterocycles. The Morgan fingerprint density at radius 2 is 1.85 bits per heavy atom. The van der Waals surface area contributed by atoms with Crippen LogP contribution in [0.15, 0.2) is 36.5 Å². The number of phenols is 1. The number of para-hydroxylation sites is 1. The van der Waals surface area contributed by atoms with Crippen LogP contribution in [0, 0.1) is 6.92 Å². The molecular weight excluding hydrogens is 260 g/mol. The zero-order chi connectivity index (χ0) is 14.7. The largest absolute Gasteiger partial charge is 0.505 e. The Morgan fingerprint density at radius 1 is 1.15 bits per heavy atom. The SMILES string of the molecule is Cc1ncccc1C(=O)Nc1cccc(C(=O)O)c1O. The van der Waals surface area contributed by atoms with E-state index in [-0.39, 0.29) is 11.3 Å². The standard InChI is InChI=1S/C14H12N2O4/c1-8-9(5-3-7-15-8)13(18)16-11-6-2-4-10(12(11)17)14(19)20/h2-7,17H,1H3,(H,16,18)(H,19,20). The van der Waals surface area contributed by atoms with Crippen LogP contribution >= 0.6 is 0 Å². The number of hydrogen-bond acceptors (Lipinski definition) is 4. The van der Waals surface area contributed by atoms with Gasteiger partial charge in [-0.05, 0) is 31.2 Å². The highest BCUT2D eigenvalue weighted by molar-refractivity contribution is 6.06. The highest BCUT2D eigenvalue weighted by atomic mass is 16.4. The van der Waals surface area contributed by atoms with Gasteiger partial charge >= 0.3 is 5.97 Å². The summed E-state index contributed by atoms with van der Waals surface area (Å²) in [6.07, 6.45) is 1.56. The van der Waals surface area contributed by atoms with Crippen molar-refractivity contribution in [2.75, 3.05) is 5.32 Å². The molecule has 0 unspecified atom stereocenters. The number of hydrogen-bond donors (Lipinski definition) is 3. The second-order valence-electron chi connectivity index (χ2n) is 4.10. The van der Waals surface area contributed by atoms with Crippen molar-refractivity contribution in [2.45, 2.75) is 6.92 Å². The van der Waals surface area contributed by atoms with E-state index < -0.39 is 17.6 Å². The minimum absolute atomic E-state index is 0.0400. The topological polar surface area (TPSA) is 99.5 Å². The van der Waals surface area contributed by atoms with Crippen molar-refractivity contribution in [3.63, 3.8) is 0 Å². The molecule has 1 heterocycles. The van der Waals surface area contributed by atoms with Crippen LogP contribution in [0.25, 0.3) is 0 Å². The van der Waals surface area contributed by atoms with Gasteiger partial charge < -0.3 is 15.5 Å². The van der Waals surface area contributed by atoms with Crippen LogP contribution in [0.3, 0.4) is 0 Å². The molecule has 1 aromatic heterocycles. The smallest absolute Gasteiger partial charge is 0.339 e. The number of amides is 1. The summed E-state index contributed by atoms with van der Waals surface area (Å²) in [7, 11) is 0. The van der Waals surface area contributed by atoms with Crippen LogP contribution in [0.2, 0.25) is 0 Å². The number of pyridine rings is 1. The third kappa shape index (κ3) is 2.59. The molecule has 0 spiro atoms. The molecule has 20 heavy (non-hydrogen) atoms. The van der Waals surface area contributed by atoms with Gasteiger partial charge in [-0.15, -0.1) is 0 Å². The molecule has 3 N–H and O–H groups in total. The number of carboxylic acid groups (broad SMARTS) is 1. The predicted octanol–water partition coefficient (Wildman–Crippen LogP) is 2.05. The molecule has 6 heteroatoms. The molecule has 0 radical (unpaired) electrons. The fraction of sp³-hybridized carbons (Fsp3) is 0.0714. The molecule has 0 aliphatic carbocycles. The number of aromatic nitrogens is 1. The molecule has 2 aromatic rings. The number of benzene rings is 1. The number of aryl methyl sites for hydroxylation is 1. The van der Waals surface area contributed by atoms with Gasteiger partial charge in [-0.25, -0.2) is 4.79 Å². The van der Waals surface area contributed by atoms with Crippen molar-refractivity contribution in [1.29, 1.82) is 0 Å². The number of nitrogens with zero attached hydrogens (tertiary/aromatic N) is 1. The first kappa shape index (κ1) is 13.5. The molecule has 0 saturated carbocycles. The summed E-state index contributed by atoms with van der Waals surface area (Å²) in [5.74, 6) is -2.21. The van der Waals surface area contributed by atoms with E-state index in [2.05, 4.69) is 10.3 Å². The number of nitrogens with one attached hydrogen (secondary N) is 1. The Hall–Kier alpha value is -2.89. The minimum atomic E-state index is -1.27. The molecule has 0 fully saturated rings. The third-order valence-electron chi connectivity index (χ3n) is 2.77. The van der Waals surface area contributed by atoms with Crippen molar-refractivity contribution in [3.8, 4) is 5.75 Å². The Labute approximate surface area is 114 Å². The first-order valence-electron chi connectivity index (χ1n) is 5.79. The van der Waals surface area contributed by atoms with Crippen molar-refractivity contribution >= 4 is 17.6 Å². The van der Waals surface area contributed by atoms with Crippen LogP contribution in [-0.4, -0.2) is 27.1 Å². The molecule has 2 rings (SSSR count). The van der Waals surface area contributed by atoms with Crippen LogP contribution in [0.1, 0.15) is 26.4 Å². The average Bonchev–Trinajstić information content (AvgIpc) is 2.41. The van der Waals surface area contributed by atoms with Gasteiger partial charge in [-0.2, -0.15) is 0 Å². The average molecular weight is 272 g/mol. The molecule has 0 atom stereocenters. The summed E-state index contributed by atoms with van der Waals surface area (Å²) in [6, 6.07) is 7.33. The molecule has 6 nitrogen and oxygen atoms in total. The van der Waals surface area contributed by atoms with Gasteiger partial charge in [0.25, 0.3) is 5.91 Å². The van der Waals surface area contributed by atoms with E-state index in [1.54, 1.807) is 25.3 Å². The molecule has 0 aliphatic rings. The fourth-order valence-corrected chi connectivity index (χ4v) is 1.73. The van der Waals surface area contributed by atoms with Crippen LogP contribution < -0.4 is 5.32 Å². The molecule has 1 aromatic carbocycles. The number of aromatic carboxylic acids is 1. The predicted molar refractivity (Wildman–Crippen MR) is 72.0 cm³/mol. The highest BCUT2D eigenvalue weighted by Crippen LogP contribution is 2.27. The lowest BCUT2D eigenvalue weighted by Crippen LogP contribution is -2.14. The maximum Gasteiger partial charge on any atom is 0.339 e. The van der Waals surface area contributed by atoms with E-state index in [1.807, 2.05) is 0 Å². The maximum absolute atomic E-state index is 12.1. The van der Waals surface area contributed by atoms with Gasteiger partial charge in [-0.3, -0.25) is 9.78 Å². The summed E-state index contributed by atoms with van der Waals surface area (Å²) in [6.45, 7) is 1.68. The van der Waals surface area contributed by atoms with Crippen LogP contribution in [0.4, 0.5) is 5.69 Å². The number of carbonyl (C=O) groups is 2. The van der Waals surface area contributed by atoms with Gasteiger partial charge in [0.05, 0.1) is 11.3 Å². The highest BCUT2D eigenvalue weighted by Gasteiger charge is 2.16. The summed E-state index contributed by atoms with van der Waals surface area (Å²) < 4.78 is 0. The number of rotatable bonds is 3. The number of carbonyl (C=O) groups excluding carboxylic acids is 1. The monoisotopic (exact) mass is 272 g/mol. The fourth-order valence-electron chi connectivity index (χ4n) is 1.73. The second kappa shape index (κ2) is 5.40. The zero-order valence-electron chi connectivity index (χ0n) is 10.6. The summed E-state index contributed by atoms with van der Waals surface area (Å²) in [4.78, 5) is 27.0. The quantitative estimate of drug-likeness (QED) is 0.742. The lowest BCUT2D eigenvalue weighted by Gasteiger charge is -2.10. The zero-order valence-corrected chi connectivity index (χ0v) is 10.6. The number of aromatic hydroxyl groups is 1. The van der Waals surface area contributed by atoms with Gasteiger partial charge in [0.15, 0.2) is 5.75 Å². The van der Waals surface area contributed by atoms with E-state index in [0.29, 0.717) is 11.3 Å². The van der Waals surface area contributed by atoms with E-state index >= 15 is 0 Å². The van der Waals surface area contributed by atoms with Crippen molar-refractivity contribution < 1.29 is 19.8 Å². The second-order valence-corrected chi connectivity index (χ2v) is 4.10. The molecule has 1 amide bonds. The third-order valence-corrected chi connectivity index (χ3v) is 2.77. The molecule has 102 valence electrons. The summed E-state index contributed by atoms with van der Waals surface area (Å²) >= 11 is 0. The van der Waals surface area contributed by atoms with Crippen molar-refractivity contribution in [3.05, 3.63) is 53.3 Å². The normalized spacial score (nSPS) is 10.1. The van der Waals surface area contributed by atoms with E-state index in [9.17, 15) is 14.7 Å². The van der Waals surface area contributed by atoms with Crippen molar-refractivity contribution in [1.82, 2.24) is 4.98 Å². The summed E-state index contributed by atoms with van der Waals surface area (Å²) in [5.41, 5.74) is 0.662. The Balaban J connectivity index is 2.32. The lowest BCUT2D eigenvalue weighted by molar-refractivity contribution is 0.0693. The first-order valence-corrected chi connectivity index (χ1v) is 5.79. The Morgan fingerprint density at radius 3 is 2.50 bits per heavy atom. The van der Waals surface area contributed by atoms with Crippen molar-refractivity contribution in [2.24, 2.45) is 0 Å². The molecule has 0 saturated heterocycles. The van der Waals surface area contributed by atoms with E-state index in [1.165, 1.54) is 18.2 Å². The number of anilines is 1. The Bertz CT molecular complexity index is 683. The van der Waals surface area contributed by atoms with Gasteiger partial charge in [0.1, 0.15) is 5.56 Å². The van der Waals surface area contributed by atoms with E-state index in [4.69, 9.17) is 5.11 Å². The molecular formula is C14H12N2O4.